The minimum atomic E-state index is -2.19. The van der Waals surface area contributed by atoms with E-state index in [1.807, 2.05) is 31.2 Å². The molecule has 2 aromatic rings. The van der Waals surface area contributed by atoms with Crippen molar-refractivity contribution in [3.63, 3.8) is 0 Å². The van der Waals surface area contributed by atoms with Gasteiger partial charge >= 0.3 is 0 Å². The van der Waals surface area contributed by atoms with Crippen LogP contribution in [-0.2, 0) is 28.0 Å². The Hall–Kier alpha value is -2.33. The zero-order valence-corrected chi connectivity index (χ0v) is 23.7. The van der Waals surface area contributed by atoms with Gasteiger partial charge in [0.05, 0.1) is 12.6 Å². The lowest BCUT2D eigenvalue weighted by atomic mass is 9.44. The van der Waals surface area contributed by atoms with Gasteiger partial charge < -0.3 is 9.67 Å². The molecule has 0 unspecified atom stereocenters. The van der Waals surface area contributed by atoms with Gasteiger partial charge in [-0.15, -0.1) is 12.6 Å². The maximum Gasteiger partial charge on any atom is 0.220 e. The van der Waals surface area contributed by atoms with E-state index in [1.165, 1.54) is 18.2 Å². The number of alkyl halides is 2. The highest BCUT2D eigenvalue weighted by atomic mass is 32.1. The number of para-hydroxylation sites is 1. The predicted octanol–water partition coefficient (Wildman–Crippen LogP) is 4.67. The smallest absolute Gasteiger partial charge is 0.220 e. The number of hydroxylamine groups is 2. The second-order valence-electron chi connectivity index (χ2n) is 13.0. The summed E-state index contributed by atoms with van der Waals surface area (Å²) in [5.74, 6) is -1.93. The molecule has 9 heteroatoms. The van der Waals surface area contributed by atoms with E-state index >= 15 is 8.78 Å². The van der Waals surface area contributed by atoms with Crippen molar-refractivity contribution >= 4 is 34.4 Å². The average molecular weight is 569 g/mol. The van der Waals surface area contributed by atoms with Gasteiger partial charge in [0.2, 0.25) is 5.12 Å². The Kier molecular flexibility index (Phi) is 5.56. The third-order valence-corrected chi connectivity index (χ3v) is 11.7. The summed E-state index contributed by atoms with van der Waals surface area (Å²) < 4.78 is 35.3. The summed E-state index contributed by atoms with van der Waals surface area (Å²) in [6.45, 7) is 4.37. The Balaban J connectivity index is 1.26. The van der Waals surface area contributed by atoms with Gasteiger partial charge in [0.1, 0.15) is 6.17 Å². The molecule has 1 aliphatic heterocycles. The summed E-state index contributed by atoms with van der Waals surface area (Å²) >= 11 is 4.34. The number of fused-ring (bicyclic) bond motifs is 8. The number of ketones is 1. The molecule has 1 saturated heterocycles. The van der Waals surface area contributed by atoms with E-state index < -0.39 is 51.3 Å². The zero-order chi connectivity index (χ0) is 28.4. The van der Waals surface area contributed by atoms with E-state index in [4.69, 9.17) is 4.84 Å². The summed E-state index contributed by atoms with van der Waals surface area (Å²) in [6, 6.07) is 8.09. The van der Waals surface area contributed by atoms with Crippen LogP contribution in [0.5, 0.6) is 0 Å². The Labute approximate surface area is 237 Å². The van der Waals surface area contributed by atoms with Gasteiger partial charge in [0.25, 0.3) is 0 Å². The number of carbonyl (C=O) groups excluding carboxylic acids is 2. The number of allylic oxidation sites excluding steroid dienone is 4. The third kappa shape index (κ3) is 3.04. The fourth-order valence-electron chi connectivity index (χ4n) is 9.52. The molecule has 9 atom stereocenters. The maximum absolute atomic E-state index is 17.5. The van der Waals surface area contributed by atoms with Crippen LogP contribution in [0.4, 0.5) is 8.78 Å². The Morgan fingerprint density at radius 3 is 2.73 bits per heavy atom. The molecule has 7 rings (SSSR count). The van der Waals surface area contributed by atoms with Crippen molar-refractivity contribution in [3.05, 3.63) is 59.8 Å². The van der Waals surface area contributed by atoms with Crippen molar-refractivity contribution < 1.29 is 28.3 Å². The molecule has 1 N–H and O–H groups in total. The van der Waals surface area contributed by atoms with Crippen LogP contribution >= 0.6 is 12.6 Å². The second-order valence-corrected chi connectivity index (χ2v) is 13.4. The first-order chi connectivity index (χ1) is 18.9. The molecular weight excluding hydrogens is 534 g/mol. The molecule has 0 bridgehead atoms. The lowest BCUT2D eigenvalue weighted by Gasteiger charge is -2.63. The highest BCUT2D eigenvalue weighted by Crippen LogP contribution is 2.72. The Bertz CT molecular complexity index is 1520. The quantitative estimate of drug-likeness (QED) is 0.527. The van der Waals surface area contributed by atoms with Crippen LogP contribution in [0.15, 0.2) is 54.3 Å². The molecule has 1 aromatic carbocycles. The summed E-state index contributed by atoms with van der Waals surface area (Å²) in [5, 5.41) is 14.1. The van der Waals surface area contributed by atoms with Gasteiger partial charge in [-0.25, -0.2) is 8.78 Å². The first-order valence-electron chi connectivity index (χ1n) is 14.0. The number of thiol groups is 1. The van der Waals surface area contributed by atoms with Gasteiger partial charge in [-0.05, 0) is 61.5 Å². The topological polar surface area (TPSA) is 71.8 Å². The summed E-state index contributed by atoms with van der Waals surface area (Å²) in [6.07, 6.45) is 3.23. The number of carbonyl (C=O) groups is 2. The number of aryl methyl sites for hydroxylation is 1. The van der Waals surface area contributed by atoms with Gasteiger partial charge in [-0.3, -0.25) is 14.4 Å². The molecule has 4 aliphatic carbocycles. The summed E-state index contributed by atoms with van der Waals surface area (Å²) in [4.78, 5) is 32.2. The van der Waals surface area contributed by atoms with E-state index in [0.29, 0.717) is 19.5 Å². The normalized spacial score (nSPS) is 44.2. The molecule has 1 aromatic heterocycles. The molecule has 212 valence electrons. The number of rotatable bonds is 3. The third-order valence-electron chi connectivity index (χ3n) is 11.3. The van der Waals surface area contributed by atoms with E-state index in [2.05, 4.69) is 35.5 Å². The first-order valence-corrected chi connectivity index (χ1v) is 14.5. The van der Waals surface area contributed by atoms with E-state index in [9.17, 15) is 14.7 Å². The van der Waals surface area contributed by atoms with Crippen LogP contribution in [0, 0.1) is 28.6 Å². The number of aromatic nitrogens is 1. The predicted molar refractivity (Wildman–Crippen MR) is 149 cm³/mol. The largest absolute Gasteiger partial charge is 0.390 e. The van der Waals surface area contributed by atoms with E-state index in [0.717, 1.165) is 16.5 Å². The highest BCUT2D eigenvalue weighted by Gasteiger charge is 2.79. The van der Waals surface area contributed by atoms with E-state index in [1.54, 1.807) is 6.92 Å². The molecule has 0 spiro atoms. The van der Waals surface area contributed by atoms with Gasteiger partial charge in [-0.1, -0.05) is 31.2 Å². The number of aliphatic hydroxyl groups is 1. The molecule has 3 saturated carbocycles. The molecular formula is C31H34F2N2O4S. The van der Waals surface area contributed by atoms with Crippen molar-refractivity contribution in [2.75, 3.05) is 6.54 Å². The van der Waals surface area contributed by atoms with Gasteiger partial charge in [0, 0.05) is 53.4 Å². The number of benzene rings is 1. The van der Waals surface area contributed by atoms with Crippen molar-refractivity contribution in [2.24, 2.45) is 35.6 Å². The fraction of sp³-hybridized carbons (Fsp3) is 0.548. The van der Waals surface area contributed by atoms with Crippen LogP contribution in [0.1, 0.15) is 38.7 Å². The molecule has 0 radical (unpaired) electrons. The SMILES string of the molecule is Cn1cc(CN2C[C@@H]3C[C@H]4[C@@H]5C[C@H](F)C6=CC(=O)C=C[C@]6(C)[C@@]5(F)[C@@H](O)C[C@]4(C)[C@]3(C(=O)S)O2)c2ccccc21. The van der Waals surface area contributed by atoms with Crippen molar-refractivity contribution in [1.82, 2.24) is 9.63 Å². The van der Waals surface area contributed by atoms with Crippen LogP contribution < -0.4 is 0 Å². The minimum Gasteiger partial charge on any atom is -0.390 e. The van der Waals surface area contributed by atoms with Crippen LogP contribution in [-0.4, -0.2) is 55.7 Å². The number of nitrogens with zero attached hydrogens (tertiary/aromatic N) is 2. The Morgan fingerprint density at radius 1 is 1.23 bits per heavy atom. The summed E-state index contributed by atoms with van der Waals surface area (Å²) in [5.41, 5.74) is -3.73. The Morgan fingerprint density at radius 2 is 1.98 bits per heavy atom. The van der Waals surface area contributed by atoms with Gasteiger partial charge in [0.15, 0.2) is 17.1 Å². The maximum atomic E-state index is 17.5. The monoisotopic (exact) mass is 568 g/mol. The molecule has 40 heavy (non-hydrogen) atoms. The number of aliphatic hydroxyl groups excluding tert-OH is 1. The number of hydrogen-bond donors (Lipinski definition) is 2. The molecule has 5 aliphatic rings. The van der Waals surface area contributed by atoms with Gasteiger partial charge in [-0.2, -0.15) is 5.06 Å². The second kappa shape index (κ2) is 8.37. The highest BCUT2D eigenvalue weighted by molar-refractivity contribution is 7.96. The van der Waals surface area contributed by atoms with Crippen LogP contribution in [0.2, 0.25) is 0 Å². The average Bonchev–Trinajstić information content (AvgIpc) is 3.51. The summed E-state index contributed by atoms with van der Waals surface area (Å²) in [7, 11) is 1.99. The van der Waals surface area contributed by atoms with Crippen molar-refractivity contribution in [1.29, 1.82) is 0 Å². The number of hydrogen-bond acceptors (Lipinski definition) is 5. The van der Waals surface area contributed by atoms with Crippen molar-refractivity contribution in [3.8, 4) is 0 Å². The fourth-order valence-corrected chi connectivity index (χ4v) is 10.00. The molecule has 6 nitrogen and oxygen atoms in total. The zero-order valence-electron chi connectivity index (χ0n) is 22.8. The lowest BCUT2D eigenvalue weighted by molar-refractivity contribution is -0.266. The molecule has 2 heterocycles. The molecule has 4 fully saturated rings. The van der Waals surface area contributed by atoms with Crippen LogP contribution in [0.25, 0.3) is 10.9 Å². The minimum absolute atomic E-state index is 0.0306. The standard InChI is InChI=1S/C31H34F2N2O4S/c1-28-9-8-19(36)11-23(28)24(32)12-22-21-10-18-16-35(15-17-14-34(3)25-7-5-4-6-20(17)25)39-31(18,27(38)40)29(21,2)13-26(37)30(22,28)33/h4-9,11,14,18,21-22,24,26,37H,10,12-13,15-16H2,1-3H3,(H,38,40)/t18-,21-,22-,24-,26-,28-,29-,30-,31-/m0/s1. The van der Waals surface area contributed by atoms with Crippen LogP contribution in [0.3, 0.4) is 0 Å². The lowest BCUT2D eigenvalue weighted by Crippen LogP contribution is -2.70. The molecule has 0 amide bonds. The van der Waals surface area contributed by atoms with E-state index in [-0.39, 0.29) is 30.1 Å². The van der Waals surface area contributed by atoms with Crippen molar-refractivity contribution in [2.45, 2.75) is 63.2 Å². The number of halogens is 2. The first kappa shape index (κ1) is 26.6.